The molecule has 0 radical (unpaired) electrons. The second kappa shape index (κ2) is 11.4. The molecule has 2 N–H and O–H groups in total. The summed E-state index contributed by atoms with van der Waals surface area (Å²) >= 11 is 0. The lowest BCUT2D eigenvalue weighted by atomic mass is 9.98. The van der Waals surface area contributed by atoms with Gasteiger partial charge in [-0.25, -0.2) is 4.79 Å². The molecule has 0 bridgehead atoms. The number of benzene rings is 3. The number of carboxylic acid groups (broad SMARTS) is 2. The Morgan fingerprint density at radius 1 is 0.829 bits per heavy atom. The first kappa shape index (κ1) is 27.9. The van der Waals surface area contributed by atoms with E-state index in [1.807, 2.05) is 0 Å². The molecule has 0 atom stereocenters. The van der Waals surface area contributed by atoms with Crippen LogP contribution in [0.25, 0.3) is 16.6 Å². The molecular weight excluding hydrogens is 543 g/mol. The number of hydrogen-bond donors (Lipinski definition) is 2. The zero-order valence-electron chi connectivity index (χ0n) is 21.7. The summed E-state index contributed by atoms with van der Waals surface area (Å²) in [6, 6.07) is 16.4. The molecule has 11 heteroatoms. The van der Waals surface area contributed by atoms with Crippen molar-refractivity contribution in [3.05, 3.63) is 78.0 Å². The highest BCUT2D eigenvalue weighted by atomic mass is 19.4. The number of carbonyl (C=O) groups is 2. The first-order valence-corrected chi connectivity index (χ1v) is 13.0. The first-order chi connectivity index (χ1) is 19.6. The Hall–Kier alpha value is -4.67. The van der Waals surface area contributed by atoms with E-state index in [2.05, 4.69) is 4.74 Å². The number of aliphatic carboxylic acids is 1. The second-order valence-corrected chi connectivity index (χ2v) is 9.70. The average molecular weight is 570 g/mol. The van der Waals surface area contributed by atoms with Crippen LogP contribution in [0.3, 0.4) is 0 Å². The third-order valence-electron chi connectivity index (χ3n) is 6.81. The van der Waals surface area contributed by atoms with E-state index >= 15 is 0 Å². The van der Waals surface area contributed by atoms with E-state index in [0.717, 1.165) is 37.8 Å². The molecule has 1 fully saturated rings. The van der Waals surface area contributed by atoms with Crippen LogP contribution < -0.4 is 14.2 Å². The largest absolute Gasteiger partial charge is 0.573 e. The van der Waals surface area contributed by atoms with Crippen LogP contribution in [0.2, 0.25) is 0 Å². The molecule has 1 aromatic heterocycles. The number of hydrogen-bond acceptors (Lipinski definition) is 5. The zero-order valence-corrected chi connectivity index (χ0v) is 21.7. The van der Waals surface area contributed by atoms with Crippen LogP contribution in [0.4, 0.5) is 13.2 Å². The van der Waals surface area contributed by atoms with Gasteiger partial charge < -0.3 is 29.0 Å². The second-order valence-electron chi connectivity index (χ2n) is 9.70. The highest BCUT2D eigenvalue weighted by Crippen LogP contribution is 2.35. The Morgan fingerprint density at radius 3 is 2.05 bits per heavy atom. The van der Waals surface area contributed by atoms with E-state index < -0.39 is 30.5 Å². The van der Waals surface area contributed by atoms with Crippen molar-refractivity contribution in [2.45, 2.75) is 51.0 Å². The van der Waals surface area contributed by atoms with Gasteiger partial charge in [-0.1, -0.05) is 6.42 Å². The quantitative estimate of drug-likeness (QED) is 0.217. The minimum atomic E-state index is -4.83. The highest BCUT2D eigenvalue weighted by molar-refractivity contribution is 6.07. The third-order valence-corrected chi connectivity index (χ3v) is 6.81. The molecule has 8 nitrogen and oxygen atoms in total. The lowest BCUT2D eigenvalue weighted by Gasteiger charge is -2.23. The summed E-state index contributed by atoms with van der Waals surface area (Å²) in [5.74, 6) is -1.86. The maximum Gasteiger partial charge on any atom is 0.573 e. The van der Waals surface area contributed by atoms with E-state index in [-0.39, 0.29) is 34.2 Å². The fourth-order valence-corrected chi connectivity index (χ4v) is 5.13. The molecule has 1 saturated carbocycles. The van der Waals surface area contributed by atoms with Crippen molar-refractivity contribution in [3.8, 4) is 28.7 Å². The van der Waals surface area contributed by atoms with Gasteiger partial charge in [0.1, 0.15) is 23.0 Å². The molecule has 1 aliphatic carbocycles. The smallest absolute Gasteiger partial charge is 0.490 e. The summed E-state index contributed by atoms with van der Waals surface area (Å²) in [6.45, 7) is 0. The standard InChI is InChI=1S/C30H26F3NO7/c31-30(32,33)41-22-12-10-21(11-13-22)40-23-14-15-25-24(16-23)28(29(37)38)26(17-27(35)36)34(25)18-6-8-20(9-7-18)39-19-4-2-1-3-5-19/h6-16,19H,1-5,17H2,(H,35,36)(H,37,38). The van der Waals surface area contributed by atoms with Crippen molar-refractivity contribution in [2.75, 3.05) is 0 Å². The van der Waals surface area contributed by atoms with Gasteiger partial charge in [-0.3, -0.25) is 4.79 Å². The Balaban J connectivity index is 1.50. The van der Waals surface area contributed by atoms with Crippen LogP contribution in [-0.2, 0) is 11.2 Å². The monoisotopic (exact) mass is 569 g/mol. The summed E-state index contributed by atoms with van der Waals surface area (Å²) < 4.78 is 54.6. The Kier molecular flexibility index (Phi) is 7.78. The SMILES string of the molecule is O=C(O)Cc1c(C(=O)O)c2cc(Oc3ccc(OC(F)(F)F)cc3)ccc2n1-c1ccc(OC2CCCCC2)cc1. The van der Waals surface area contributed by atoms with Crippen molar-refractivity contribution >= 4 is 22.8 Å². The molecular formula is C30H26F3NO7. The van der Waals surface area contributed by atoms with Gasteiger partial charge in [0.15, 0.2) is 0 Å². The van der Waals surface area contributed by atoms with Crippen LogP contribution >= 0.6 is 0 Å². The maximum atomic E-state index is 12.4. The number of ether oxygens (including phenoxy) is 3. The zero-order chi connectivity index (χ0) is 29.1. The Morgan fingerprint density at radius 2 is 1.44 bits per heavy atom. The van der Waals surface area contributed by atoms with Crippen molar-refractivity contribution in [1.82, 2.24) is 4.57 Å². The van der Waals surface area contributed by atoms with Gasteiger partial charge in [0, 0.05) is 16.8 Å². The Bertz CT molecular complexity index is 1550. The molecule has 214 valence electrons. The van der Waals surface area contributed by atoms with Crippen LogP contribution in [-0.4, -0.2) is 39.2 Å². The van der Waals surface area contributed by atoms with Crippen molar-refractivity contribution in [3.63, 3.8) is 0 Å². The van der Waals surface area contributed by atoms with E-state index in [1.54, 1.807) is 41.0 Å². The highest BCUT2D eigenvalue weighted by Gasteiger charge is 2.31. The average Bonchev–Trinajstić information content (AvgIpc) is 3.22. The van der Waals surface area contributed by atoms with Crippen molar-refractivity contribution in [1.29, 1.82) is 0 Å². The molecule has 0 amide bonds. The van der Waals surface area contributed by atoms with Crippen LogP contribution in [0, 0.1) is 0 Å². The summed E-state index contributed by atoms with van der Waals surface area (Å²) in [7, 11) is 0. The summed E-state index contributed by atoms with van der Waals surface area (Å²) in [5, 5.41) is 19.9. The van der Waals surface area contributed by atoms with Gasteiger partial charge in [-0.2, -0.15) is 0 Å². The lowest BCUT2D eigenvalue weighted by molar-refractivity contribution is -0.274. The summed E-state index contributed by atoms with van der Waals surface area (Å²) in [5.41, 5.74) is 0.889. The molecule has 0 spiro atoms. The fourth-order valence-electron chi connectivity index (χ4n) is 5.13. The van der Waals surface area contributed by atoms with Crippen LogP contribution in [0.1, 0.15) is 48.2 Å². The van der Waals surface area contributed by atoms with E-state index in [9.17, 15) is 33.0 Å². The molecule has 1 aliphatic rings. The molecule has 5 rings (SSSR count). The van der Waals surface area contributed by atoms with Crippen molar-refractivity contribution < 1.29 is 47.2 Å². The number of halogens is 3. The fraction of sp³-hybridized carbons (Fsp3) is 0.267. The van der Waals surface area contributed by atoms with Crippen LogP contribution in [0.5, 0.6) is 23.0 Å². The van der Waals surface area contributed by atoms with Crippen molar-refractivity contribution in [2.24, 2.45) is 0 Å². The normalized spacial score (nSPS) is 14.1. The summed E-state index contributed by atoms with van der Waals surface area (Å²) in [6.07, 6.45) is 0.201. The number of aromatic nitrogens is 1. The van der Waals surface area contributed by atoms with Crippen LogP contribution in [0.15, 0.2) is 66.7 Å². The number of fused-ring (bicyclic) bond motifs is 1. The molecule has 0 aliphatic heterocycles. The number of carboxylic acids is 2. The molecule has 3 aromatic carbocycles. The topological polar surface area (TPSA) is 107 Å². The molecule has 4 aromatic rings. The van der Waals surface area contributed by atoms with Gasteiger partial charge in [0.2, 0.25) is 0 Å². The number of nitrogens with zero attached hydrogens (tertiary/aromatic N) is 1. The van der Waals surface area contributed by atoms with Gasteiger partial charge in [-0.05, 0) is 92.4 Å². The molecule has 0 unspecified atom stereocenters. The lowest BCUT2D eigenvalue weighted by Crippen LogP contribution is -2.19. The minimum absolute atomic E-state index is 0.0757. The Labute approximate surface area is 232 Å². The number of rotatable bonds is 9. The maximum absolute atomic E-state index is 12.4. The molecule has 1 heterocycles. The predicted octanol–water partition coefficient (Wildman–Crippen LogP) is 7.36. The number of aromatic carboxylic acids is 1. The molecule has 0 saturated heterocycles. The van der Waals surface area contributed by atoms with Gasteiger partial charge >= 0.3 is 18.3 Å². The van der Waals surface area contributed by atoms with Gasteiger partial charge in [0.05, 0.1) is 23.6 Å². The number of alkyl halides is 3. The van der Waals surface area contributed by atoms with E-state index in [4.69, 9.17) is 9.47 Å². The molecule has 41 heavy (non-hydrogen) atoms. The van der Waals surface area contributed by atoms with Gasteiger partial charge in [-0.15, -0.1) is 13.2 Å². The van der Waals surface area contributed by atoms with Gasteiger partial charge in [0.25, 0.3) is 0 Å². The van der Waals surface area contributed by atoms with E-state index in [0.29, 0.717) is 17.0 Å². The third kappa shape index (κ3) is 6.56. The van der Waals surface area contributed by atoms with E-state index in [1.165, 1.54) is 24.6 Å². The minimum Gasteiger partial charge on any atom is -0.490 e. The summed E-state index contributed by atoms with van der Waals surface area (Å²) in [4.78, 5) is 24.2. The predicted molar refractivity (Wildman–Crippen MR) is 142 cm³/mol. The first-order valence-electron chi connectivity index (χ1n) is 13.0.